The maximum Gasteiger partial charge on any atom is 0.247 e. The molecule has 288 valence electrons. The van der Waals surface area contributed by atoms with Crippen molar-refractivity contribution in [3.8, 4) is 33.4 Å². The molecule has 0 bridgehead atoms. The van der Waals surface area contributed by atoms with E-state index in [1.807, 2.05) is 23.5 Å². The highest BCUT2D eigenvalue weighted by Crippen LogP contribution is 2.47. The van der Waals surface area contributed by atoms with Crippen LogP contribution in [0.4, 0.5) is 0 Å². The number of hydrogen-bond acceptors (Lipinski definition) is 2. The van der Waals surface area contributed by atoms with Gasteiger partial charge in [-0.2, -0.15) is 0 Å². The van der Waals surface area contributed by atoms with E-state index in [9.17, 15) is 0 Å². The summed E-state index contributed by atoms with van der Waals surface area (Å²) in [5.74, 6) is 0. The fourth-order valence-electron chi connectivity index (χ4n) is 9.75. The van der Waals surface area contributed by atoms with E-state index in [-0.39, 0.29) is 17.5 Å². The molecule has 2 aliphatic heterocycles. The molecule has 2 heterocycles. The van der Waals surface area contributed by atoms with Gasteiger partial charge in [0, 0.05) is 25.0 Å². The van der Waals surface area contributed by atoms with E-state index in [2.05, 4.69) is 217 Å². The molecule has 0 fully saturated rings. The highest BCUT2D eigenvalue weighted by molar-refractivity contribution is 8.01. The van der Waals surface area contributed by atoms with Crippen LogP contribution in [0.2, 0.25) is 0 Å². The Bertz CT molecular complexity index is 3080. The Labute approximate surface area is 363 Å². The molecule has 0 spiro atoms. The molecule has 60 heavy (non-hydrogen) atoms. The van der Waals surface area contributed by atoms with Crippen molar-refractivity contribution in [2.75, 3.05) is 0 Å². The lowest BCUT2D eigenvalue weighted by Crippen LogP contribution is -2.58. The summed E-state index contributed by atoms with van der Waals surface area (Å²) in [6.45, 7) is 11.9. The summed E-state index contributed by atoms with van der Waals surface area (Å²) in [7, 11) is 0. The summed E-state index contributed by atoms with van der Waals surface area (Å²) < 4.78 is 0. The van der Waals surface area contributed by atoms with Gasteiger partial charge in [-0.15, -0.1) is 0 Å². The molecule has 0 aromatic heterocycles. The van der Waals surface area contributed by atoms with Gasteiger partial charge in [0.1, 0.15) is 0 Å². The third-order valence-corrected chi connectivity index (χ3v) is 15.3. The molecule has 0 aliphatic carbocycles. The summed E-state index contributed by atoms with van der Waals surface area (Å²) in [5.41, 5.74) is 15.8. The van der Waals surface area contributed by atoms with E-state index in [0.29, 0.717) is 0 Å². The van der Waals surface area contributed by atoms with E-state index in [1.54, 1.807) is 0 Å². The first-order valence-electron chi connectivity index (χ1n) is 21.1. The Balaban J connectivity index is 1.11. The minimum absolute atomic E-state index is 0.0550. The summed E-state index contributed by atoms with van der Waals surface area (Å²) in [6, 6.07) is 68.7. The first-order valence-corrected chi connectivity index (χ1v) is 22.7. The second-order valence-corrected chi connectivity index (χ2v) is 20.2. The van der Waals surface area contributed by atoms with E-state index >= 15 is 0 Å². The molecule has 0 N–H and O–H groups in total. The maximum atomic E-state index is 2.52. The van der Waals surface area contributed by atoms with Crippen LogP contribution in [-0.4, -0.2) is 6.71 Å². The maximum absolute atomic E-state index is 2.52. The van der Waals surface area contributed by atoms with Crippen LogP contribution in [0.15, 0.2) is 202 Å². The summed E-state index contributed by atoms with van der Waals surface area (Å²) in [5, 5.41) is 5.13. The van der Waals surface area contributed by atoms with Crippen molar-refractivity contribution < 1.29 is 0 Å². The van der Waals surface area contributed by atoms with Crippen LogP contribution in [0, 0.1) is 0 Å². The van der Waals surface area contributed by atoms with Gasteiger partial charge in [0.2, 0.25) is 6.71 Å². The van der Waals surface area contributed by atoms with Crippen molar-refractivity contribution in [2.24, 2.45) is 0 Å². The highest BCUT2D eigenvalue weighted by atomic mass is 32.2. The van der Waals surface area contributed by atoms with Gasteiger partial charge in [-0.05, 0) is 113 Å². The van der Waals surface area contributed by atoms with Gasteiger partial charge in [-0.25, -0.2) is 0 Å². The minimum Gasteiger partial charge on any atom is -0.0911 e. The molecule has 0 saturated heterocycles. The van der Waals surface area contributed by atoms with Crippen LogP contribution in [-0.2, 0) is 10.8 Å². The zero-order valence-corrected chi connectivity index (χ0v) is 36.3. The summed E-state index contributed by atoms with van der Waals surface area (Å²) in [6.07, 6.45) is 0. The zero-order valence-electron chi connectivity index (χ0n) is 34.7. The monoisotopic (exact) mass is 804 g/mol. The Morgan fingerprint density at radius 3 is 1.47 bits per heavy atom. The molecule has 11 rings (SSSR count). The van der Waals surface area contributed by atoms with Crippen molar-refractivity contribution in [3.05, 3.63) is 199 Å². The lowest BCUT2D eigenvalue weighted by molar-refractivity contribution is 0.591. The van der Waals surface area contributed by atoms with Crippen molar-refractivity contribution in [2.45, 2.75) is 65.0 Å². The Morgan fingerprint density at radius 2 is 0.850 bits per heavy atom. The molecule has 9 aromatic rings. The second-order valence-electron chi connectivity index (χ2n) is 18.1. The molecule has 2 aliphatic rings. The fraction of sp³-hybridized carbons (Fsp3) is 0.123. The molecular formula is C57H45BS2. The molecule has 3 heteroatoms. The van der Waals surface area contributed by atoms with Crippen molar-refractivity contribution >= 4 is 68.2 Å². The molecule has 0 radical (unpaired) electrons. The molecule has 0 atom stereocenters. The molecule has 0 saturated carbocycles. The lowest BCUT2D eigenvalue weighted by atomic mass is 9.36. The van der Waals surface area contributed by atoms with Gasteiger partial charge >= 0.3 is 0 Å². The summed E-state index contributed by atoms with van der Waals surface area (Å²) in [4.78, 5) is 5.43. The second kappa shape index (κ2) is 14.2. The van der Waals surface area contributed by atoms with Crippen molar-refractivity contribution in [1.29, 1.82) is 0 Å². The Kier molecular flexibility index (Phi) is 8.82. The highest BCUT2D eigenvalue weighted by Gasteiger charge is 2.39. The zero-order chi connectivity index (χ0) is 40.8. The average Bonchev–Trinajstić information content (AvgIpc) is 3.27. The summed E-state index contributed by atoms with van der Waals surface area (Å²) >= 11 is 3.89. The topological polar surface area (TPSA) is 0 Å². The van der Waals surface area contributed by atoms with Crippen LogP contribution < -0.4 is 16.4 Å². The number of rotatable bonds is 5. The van der Waals surface area contributed by atoms with E-state index in [4.69, 9.17) is 0 Å². The minimum atomic E-state index is -0.120. The number of hydrogen-bond donors (Lipinski definition) is 0. The first kappa shape index (κ1) is 37.3. The molecule has 0 amide bonds. The van der Waals surface area contributed by atoms with Crippen LogP contribution in [0.3, 0.4) is 0 Å². The van der Waals surface area contributed by atoms with Crippen LogP contribution >= 0.6 is 23.5 Å². The normalized spacial score (nSPS) is 13.2. The largest absolute Gasteiger partial charge is 0.247 e. The van der Waals surface area contributed by atoms with Gasteiger partial charge in [-0.1, -0.05) is 221 Å². The number of fused-ring (bicyclic) bond motifs is 6. The van der Waals surface area contributed by atoms with Gasteiger partial charge in [0.05, 0.1) is 0 Å². The van der Waals surface area contributed by atoms with Crippen LogP contribution in [0.5, 0.6) is 0 Å². The van der Waals surface area contributed by atoms with Crippen LogP contribution in [0.25, 0.3) is 54.9 Å². The van der Waals surface area contributed by atoms with E-state index in [0.717, 1.165) is 0 Å². The smallest absolute Gasteiger partial charge is 0.0911 e. The standard InChI is InChI=1S/C57H45BS2/c1-56(2,3)42-31-37(30-39(32-42)54-45-24-14-12-22-43(45)53(36-18-8-6-9-19-36)44-23-13-15-25-46(44)54)38-33-51-55-52(34-38)60-50-29-28-41(57(4,5)40-20-10-7-11-21-40)35-48(50)58(55)47-26-16-17-27-49(47)59-51/h6-35H,1-5H3. The van der Waals surface area contributed by atoms with Gasteiger partial charge in [-0.3, -0.25) is 0 Å². The van der Waals surface area contributed by atoms with E-state index < -0.39 is 0 Å². The predicted molar refractivity (Wildman–Crippen MR) is 261 cm³/mol. The van der Waals surface area contributed by atoms with E-state index in [1.165, 1.54) is 108 Å². The quantitative estimate of drug-likeness (QED) is 0.126. The lowest BCUT2D eigenvalue weighted by Gasteiger charge is -2.35. The van der Waals surface area contributed by atoms with Crippen molar-refractivity contribution in [3.63, 3.8) is 0 Å². The first-order chi connectivity index (χ1) is 29.1. The van der Waals surface area contributed by atoms with Crippen LogP contribution in [0.1, 0.15) is 51.3 Å². The van der Waals surface area contributed by atoms with Gasteiger partial charge in [0.25, 0.3) is 0 Å². The Morgan fingerprint density at radius 1 is 0.350 bits per heavy atom. The molecule has 9 aromatic carbocycles. The Hall–Kier alpha value is -5.74. The predicted octanol–water partition coefficient (Wildman–Crippen LogP) is 14.1. The van der Waals surface area contributed by atoms with Crippen molar-refractivity contribution in [1.82, 2.24) is 0 Å². The number of benzene rings is 9. The average molecular weight is 805 g/mol. The third kappa shape index (κ3) is 6.08. The third-order valence-electron chi connectivity index (χ3n) is 13.0. The molecule has 0 nitrogen and oxygen atoms in total. The fourth-order valence-corrected chi connectivity index (χ4v) is 12.2. The van der Waals surface area contributed by atoms with Gasteiger partial charge in [0.15, 0.2) is 0 Å². The SMILES string of the molecule is CC(C)(C)c1cc(-c2cc3c4c(c2)Sc2ccc(C(C)(C)c5ccccc5)cc2B4c2ccccc2S3)cc(-c2c3ccccc3c(-c3ccccc3)c3ccccc23)c1. The molecular weight excluding hydrogens is 760 g/mol. The molecule has 0 unspecified atom stereocenters. The van der Waals surface area contributed by atoms with Gasteiger partial charge < -0.3 is 0 Å².